The molecule has 0 N–H and O–H groups in total. The zero-order valence-corrected chi connectivity index (χ0v) is 13.3. The highest BCUT2D eigenvalue weighted by atomic mass is 14.3. The van der Waals surface area contributed by atoms with Gasteiger partial charge in [0.2, 0.25) is 0 Å². The van der Waals surface area contributed by atoms with Gasteiger partial charge in [0.1, 0.15) is 0 Å². The highest BCUT2D eigenvalue weighted by molar-refractivity contribution is 4.79. The molecule has 2 aliphatic rings. The minimum atomic E-state index is 1.10. The Hall–Kier alpha value is 0. The molecule has 0 aliphatic heterocycles. The number of hydrogen-bond donors (Lipinski definition) is 0. The molecule has 0 spiro atoms. The predicted octanol–water partition coefficient (Wildman–Crippen LogP) is 6.73. The van der Waals surface area contributed by atoms with Crippen molar-refractivity contribution in [2.45, 2.75) is 103 Å². The van der Waals surface area contributed by atoms with Crippen LogP contribution in [0.25, 0.3) is 0 Å². The van der Waals surface area contributed by atoms with Crippen LogP contribution in [-0.4, -0.2) is 0 Å². The standard InChI is InChI=1S/C19H36/c1-2-3-4-5-7-10-17-13-15-19(16-14-17)18-11-8-6-9-12-18/h17-19H,2-16H2,1H3/t17-,19-. The Bertz CT molecular complexity index is 206. The average molecular weight is 264 g/mol. The molecule has 2 saturated carbocycles. The molecule has 0 aromatic rings. The van der Waals surface area contributed by atoms with Gasteiger partial charge in [0.25, 0.3) is 0 Å². The van der Waals surface area contributed by atoms with Gasteiger partial charge >= 0.3 is 0 Å². The largest absolute Gasteiger partial charge is 0.0654 e. The number of rotatable bonds is 7. The van der Waals surface area contributed by atoms with Crippen LogP contribution >= 0.6 is 0 Å². The molecule has 0 atom stereocenters. The van der Waals surface area contributed by atoms with Crippen molar-refractivity contribution < 1.29 is 0 Å². The molecule has 0 aromatic carbocycles. The fourth-order valence-electron chi connectivity index (χ4n) is 4.59. The minimum Gasteiger partial charge on any atom is -0.0654 e. The molecule has 0 heteroatoms. The van der Waals surface area contributed by atoms with Gasteiger partial charge < -0.3 is 0 Å². The first-order chi connectivity index (χ1) is 9.40. The molecule has 2 rings (SSSR count). The van der Waals surface area contributed by atoms with E-state index in [0.717, 1.165) is 17.8 Å². The summed E-state index contributed by atoms with van der Waals surface area (Å²) in [6.07, 6.45) is 22.8. The van der Waals surface area contributed by atoms with E-state index in [1.165, 1.54) is 51.4 Å². The molecule has 112 valence electrons. The Kier molecular flexibility index (Phi) is 7.32. The quantitative estimate of drug-likeness (QED) is 0.447. The molecule has 0 heterocycles. The molecule has 19 heavy (non-hydrogen) atoms. The third-order valence-electron chi connectivity index (χ3n) is 5.92. The first-order valence-electron chi connectivity index (χ1n) is 9.40. The van der Waals surface area contributed by atoms with Crippen molar-refractivity contribution in [1.29, 1.82) is 0 Å². The van der Waals surface area contributed by atoms with Gasteiger partial charge in [0.05, 0.1) is 0 Å². The maximum absolute atomic E-state index is 2.31. The molecule has 0 bridgehead atoms. The summed E-state index contributed by atoms with van der Waals surface area (Å²) in [5, 5.41) is 0. The summed E-state index contributed by atoms with van der Waals surface area (Å²) in [5.74, 6) is 3.34. The lowest BCUT2D eigenvalue weighted by Gasteiger charge is -2.36. The lowest BCUT2D eigenvalue weighted by Crippen LogP contribution is -2.23. The molecular formula is C19H36. The van der Waals surface area contributed by atoms with Gasteiger partial charge in [-0.25, -0.2) is 0 Å². The zero-order chi connectivity index (χ0) is 13.3. The second-order valence-electron chi connectivity index (χ2n) is 7.38. The van der Waals surface area contributed by atoms with E-state index in [-0.39, 0.29) is 0 Å². The van der Waals surface area contributed by atoms with E-state index in [1.54, 1.807) is 44.9 Å². The second kappa shape index (κ2) is 9.03. The summed E-state index contributed by atoms with van der Waals surface area (Å²) in [4.78, 5) is 0. The van der Waals surface area contributed by atoms with Gasteiger partial charge in [-0.1, -0.05) is 90.4 Å². The summed E-state index contributed by atoms with van der Waals surface area (Å²) < 4.78 is 0. The van der Waals surface area contributed by atoms with Gasteiger partial charge in [-0.2, -0.15) is 0 Å². The fraction of sp³-hybridized carbons (Fsp3) is 1.00. The molecule has 0 aromatic heterocycles. The minimum absolute atomic E-state index is 1.10. The van der Waals surface area contributed by atoms with E-state index in [0.29, 0.717) is 0 Å². The molecular weight excluding hydrogens is 228 g/mol. The van der Waals surface area contributed by atoms with E-state index in [9.17, 15) is 0 Å². The maximum Gasteiger partial charge on any atom is -0.0386 e. The van der Waals surface area contributed by atoms with Crippen LogP contribution in [0.2, 0.25) is 0 Å². The van der Waals surface area contributed by atoms with Gasteiger partial charge in [-0.05, 0) is 30.6 Å². The SMILES string of the molecule is CCCCCCC[C@H]1CC[C@H](C2CCCCC2)CC1. The molecule has 0 nitrogen and oxygen atoms in total. The van der Waals surface area contributed by atoms with E-state index >= 15 is 0 Å². The van der Waals surface area contributed by atoms with E-state index in [2.05, 4.69) is 6.92 Å². The molecule has 0 radical (unpaired) electrons. The molecule has 0 unspecified atom stereocenters. The average Bonchev–Trinajstić information content (AvgIpc) is 2.49. The summed E-state index contributed by atoms with van der Waals surface area (Å²) in [7, 11) is 0. The predicted molar refractivity (Wildman–Crippen MR) is 85.4 cm³/mol. The lowest BCUT2D eigenvalue weighted by atomic mass is 9.70. The topological polar surface area (TPSA) is 0 Å². The van der Waals surface area contributed by atoms with Crippen LogP contribution in [-0.2, 0) is 0 Å². The van der Waals surface area contributed by atoms with Crippen molar-refractivity contribution in [2.24, 2.45) is 17.8 Å². The van der Waals surface area contributed by atoms with Gasteiger partial charge in [-0.3, -0.25) is 0 Å². The summed E-state index contributed by atoms with van der Waals surface area (Å²) >= 11 is 0. The Labute approximate surface area is 121 Å². The normalized spacial score (nSPS) is 29.5. The number of unbranched alkanes of at least 4 members (excludes halogenated alkanes) is 4. The third kappa shape index (κ3) is 5.48. The van der Waals surface area contributed by atoms with Gasteiger partial charge in [0, 0.05) is 0 Å². The fourth-order valence-corrected chi connectivity index (χ4v) is 4.59. The van der Waals surface area contributed by atoms with E-state index in [1.807, 2.05) is 0 Å². The van der Waals surface area contributed by atoms with Crippen LogP contribution in [0.1, 0.15) is 103 Å². The second-order valence-corrected chi connectivity index (χ2v) is 7.38. The third-order valence-corrected chi connectivity index (χ3v) is 5.92. The van der Waals surface area contributed by atoms with Crippen LogP contribution in [0.5, 0.6) is 0 Å². The van der Waals surface area contributed by atoms with Crippen LogP contribution < -0.4 is 0 Å². The maximum atomic E-state index is 2.31. The first-order valence-corrected chi connectivity index (χ1v) is 9.40. The summed E-state index contributed by atoms with van der Waals surface area (Å²) in [5.41, 5.74) is 0. The Morgan fingerprint density at radius 1 is 0.632 bits per heavy atom. The van der Waals surface area contributed by atoms with E-state index < -0.39 is 0 Å². The van der Waals surface area contributed by atoms with Crippen molar-refractivity contribution >= 4 is 0 Å². The molecule has 0 amide bonds. The van der Waals surface area contributed by atoms with Crippen molar-refractivity contribution in [3.05, 3.63) is 0 Å². The van der Waals surface area contributed by atoms with Crippen LogP contribution in [0, 0.1) is 17.8 Å². The van der Waals surface area contributed by atoms with Crippen LogP contribution in [0.4, 0.5) is 0 Å². The van der Waals surface area contributed by atoms with E-state index in [4.69, 9.17) is 0 Å². The van der Waals surface area contributed by atoms with Crippen LogP contribution in [0.3, 0.4) is 0 Å². The highest BCUT2D eigenvalue weighted by Crippen LogP contribution is 2.41. The smallest absolute Gasteiger partial charge is 0.0386 e. The van der Waals surface area contributed by atoms with Gasteiger partial charge in [-0.15, -0.1) is 0 Å². The zero-order valence-electron chi connectivity index (χ0n) is 13.3. The van der Waals surface area contributed by atoms with Crippen molar-refractivity contribution in [1.82, 2.24) is 0 Å². The summed E-state index contributed by atoms with van der Waals surface area (Å²) in [6.45, 7) is 2.31. The Balaban J connectivity index is 1.54. The monoisotopic (exact) mass is 264 g/mol. The lowest BCUT2D eigenvalue weighted by molar-refractivity contribution is 0.162. The molecule has 0 saturated heterocycles. The van der Waals surface area contributed by atoms with Crippen LogP contribution in [0.15, 0.2) is 0 Å². The van der Waals surface area contributed by atoms with Crippen molar-refractivity contribution in [2.75, 3.05) is 0 Å². The highest BCUT2D eigenvalue weighted by Gasteiger charge is 2.28. The number of hydrogen-bond acceptors (Lipinski definition) is 0. The molecule has 2 fully saturated rings. The summed E-state index contributed by atoms with van der Waals surface area (Å²) in [6, 6.07) is 0. The molecule has 2 aliphatic carbocycles. The first kappa shape index (κ1) is 15.4. The Morgan fingerprint density at radius 2 is 1.26 bits per heavy atom. The van der Waals surface area contributed by atoms with Crippen molar-refractivity contribution in [3.63, 3.8) is 0 Å². The Morgan fingerprint density at radius 3 is 1.95 bits per heavy atom. The van der Waals surface area contributed by atoms with Gasteiger partial charge in [0.15, 0.2) is 0 Å². The van der Waals surface area contributed by atoms with Crippen molar-refractivity contribution in [3.8, 4) is 0 Å².